The molecule has 2 nitrogen and oxygen atoms in total. The predicted octanol–water partition coefficient (Wildman–Crippen LogP) is 3.24. The summed E-state index contributed by atoms with van der Waals surface area (Å²) >= 11 is 0. The Bertz CT molecular complexity index is 466. The lowest BCUT2D eigenvalue weighted by molar-refractivity contribution is 0.197. The summed E-state index contributed by atoms with van der Waals surface area (Å²) in [6, 6.07) is 8.05. The maximum absolute atomic E-state index is 5.79. The first-order valence-corrected chi connectivity index (χ1v) is 6.24. The van der Waals surface area contributed by atoms with Crippen LogP contribution in [0.2, 0.25) is 0 Å². The van der Waals surface area contributed by atoms with E-state index in [-0.39, 0.29) is 11.0 Å². The summed E-state index contributed by atoms with van der Waals surface area (Å²) in [5.74, 6) is 0. The van der Waals surface area contributed by atoms with Crippen molar-refractivity contribution < 1.29 is 4.74 Å². The molecule has 1 atom stereocenters. The molecule has 17 heavy (non-hydrogen) atoms. The first kappa shape index (κ1) is 10.8. The lowest BCUT2D eigenvalue weighted by Gasteiger charge is -2.23. The molecular formula is C15H19NO. The van der Waals surface area contributed by atoms with E-state index in [0.717, 1.165) is 18.7 Å². The minimum atomic E-state index is 0.0361. The van der Waals surface area contributed by atoms with Crippen molar-refractivity contribution in [2.24, 2.45) is 5.41 Å². The van der Waals surface area contributed by atoms with Crippen molar-refractivity contribution in [3.05, 3.63) is 35.4 Å². The third kappa shape index (κ3) is 1.59. The van der Waals surface area contributed by atoms with E-state index < -0.39 is 0 Å². The summed E-state index contributed by atoms with van der Waals surface area (Å²) in [4.78, 5) is 0. The summed E-state index contributed by atoms with van der Waals surface area (Å²) in [6.07, 6.45) is 4.65. The molecule has 2 heteroatoms. The molecule has 2 fully saturated rings. The average Bonchev–Trinajstić information content (AvgIpc) is 3.04. The molecule has 0 aromatic heterocycles. The molecule has 1 aromatic rings. The fourth-order valence-electron chi connectivity index (χ4n) is 2.92. The van der Waals surface area contributed by atoms with E-state index in [2.05, 4.69) is 32.1 Å². The number of ether oxygens (including phenoxy) is 1. The lowest BCUT2D eigenvalue weighted by Crippen LogP contribution is -2.27. The zero-order valence-corrected chi connectivity index (χ0v) is 10.5. The quantitative estimate of drug-likeness (QED) is 0.593. The normalized spacial score (nSPS) is 32.2. The van der Waals surface area contributed by atoms with Crippen LogP contribution in [-0.4, -0.2) is 12.2 Å². The van der Waals surface area contributed by atoms with Gasteiger partial charge < -0.3 is 10.5 Å². The summed E-state index contributed by atoms with van der Waals surface area (Å²) in [5.41, 5.74) is 9.51. The van der Waals surface area contributed by atoms with Gasteiger partial charge in [-0.15, -0.1) is 0 Å². The molecule has 1 spiro atoms. The molecule has 1 unspecified atom stereocenters. The van der Waals surface area contributed by atoms with Gasteiger partial charge in [-0.3, -0.25) is 0 Å². The number of benzene rings is 1. The minimum Gasteiger partial charge on any atom is -0.399 e. The fourth-order valence-corrected chi connectivity index (χ4v) is 2.92. The SMILES string of the molecule is CC1(C)CCC(=Cc2ccc(N)cc2)C12CO2. The molecule has 3 rings (SSSR count). The van der Waals surface area contributed by atoms with Gasteiger partial charge in [-0.2, -0.15) is 0 Å². The number of epoxide rings is 1. The number of anilines is 1. The molecule has 90 valence electrons. The Kier molecular flexibility index (Phi) is 2.14. The molecular weight excluding hydrogens is 210 g/mol. The highest BCUT2D eigenvalue weighted by atomic mass is 16.6. The maximum Gasteiger partial charge on any atom is 0.118 e. The number of hydrogen-bond donors (Lipinski definition) is 1. The first-order valence-electron chi connectivity index (χ1n) is 6.24. The molecule has 1 saturated carbocycles. The topological polar surface area (TPSA) is 38.5 Å². The van der Waals surface area contributed by atoms with Crippen LogP contribution in [0.15, 0.2) is 29.8 Å². The van der Waals surface area contributed by atoms with Gasteiger partial charge in [-0.1, -0.05) is 32.1 Å². The molecule has 0 bridgehead atoms. The van der Waals surface area contributed by atoms with Crippen LogP contribution in [0.4, 0.5) is 5.69 Å². The highest BCUT2D eigenvalue weighted by Crippen LogP contribution is 2.59. The van der Waals surface area contributed by atoms with Gasteiger partial charge in [0.25, 0.3) is 0 Å². The van der Waals surface area contributed by atoms with Crippen LogP contribution in [0, 0.1) is 5.41 Å². The average molecular weight is 229 g/mol. The monoisotopic (exact) mass is 229 g/mol. The fraction of sp³-hybridized carbons (Fsp3) is 0.467. The summed E-state index contributed by atoms with van der Waals surface area (Å²) in [7, 11) is 0. The van der Waals surface area contributed by atoms with Gasteiger partial charge in [0.15, 0.2) is 0 Å². The summed E-state index contributed by atoms with van der Waals surface area (Å²) in [6.45, 7) is 5.51. The smallest absolute Gasteiger partial charge is 0.118 e. The van der Waals surface area contributed by atoms with Gasteiger partial charge in [0, 0.05) is 11.1 Å². The second-order valence-corrected chi connectivity index (χ2v) is 5.84. The zero-order chi connectivity index (χ0) is 12.1. The Morgan fingerprint density at radius 3 is 2.47 bits per heavy atom. The molecule has 1 aliphatic carbocycles. The number of nitrogens with two attached hydrogens (primary N) is 1. The highest BCUT2D eigenvalue weighted by Gasteiger charge is 2.62. The van der Waals surface area contributed by atoms with Crippen molar-refractivity contribution in [1.82, 2.24) is 0 Å². The van der Waals surface area contributed by atoms with E-state index in [9.17, 15) is 0 Å². The second kappa shape index (κ2) is 3.36. The summed E-state index contributed by atoms with van der Waals surface area (Å²) < 4.78 is 5.79. The third-order valence-electron chi connectivity index (χ3n) is 4.34. The molecule has 1 saturated heterocycles. The van der Waals surface area contributed by atoms with E-state index in [4.69, 9.17) is 10.5 Å². The molecule has 0 radical (unpaired) electrons. The number of nitrogen functional groups attached to an aromatic ring is 1. The van der Waals surface area contributed by atoms with E-state index >= 15 is 0 Å². The Balaban J connectivity index is 1.93. The van der Waals surface area contributed by atoms with Crippen molar-refractivity contribution >= 4 is 11.8 Å². The Hall–Kier alpha value is -1.28. The Labute approximate surface area is 102 Å². The standard InChI is InChI=1S/C15H19NO/c1-14(2)8-7-12(15(14)10-17-15)9-11-3-5-13(16)6-4-11/h3-6,9H,7-8,10,16H2,1-2H3. The van der Waals surface area contributed by atoms with Gasteiger partial charge in [-0.05, 0) is 36.1 Å². The third-order valence-corrected chi connectivity index (χ3v) is 4.34. The largest absolute Gasteiger partial charge is 0.399 e. The maximum atomic E-state index is 5.79. The van der Waals surface area contributed by atoms with Crippen LogP contribution < -0.4 is 5.73 Å². The van der Waals surface area contributed by atoms with Gasteiger partial charge in [0.2, 0.25) is 0 Å². The summed E-state index contributed by atoms with van der Waals surface area (Å²) in [5, 5.41) is 0. The van der Waals surface area contributed by atoms with Crippen molar-refractivity contribution in [3.8, 4) is 0 Å². The molecule has 1 aromatic carbocycles. The first-order chi connectivity index (χ1) is 8.03. The highest BCUT2D eigenvalue weighted by molar-refractivity contribution is 5.60. The van der Waals surface area contributed by atoms with Gasteiger partial charge in [0.05, 0.1) is 6.61 Å². The van der Waals surface area contributed by atoms with Crippen LogP contribution in [0.3, 0.4) is 0 Å². The Morgan fingerprint density at radius 1 is 1.24 bits per heavy atom. The zero-order valence-electron chi connectivity index (χ0n) is 10.5. The van der Waals surface area contributed by atoms with Crippen molar-refractivity contribution in [3.63, 3.8) is 0 Å². The van der Waals surface area contributed by atoms with E-state index in [1.165, 1.54) is 17.6 Å². The molecule has 2 aliphatic rings. The van der Waals surface area contributed by atoms with Crippen LogP contribution in [-0.2, 0) is 4.74 Å². The van der Waals surface area contributed by atoms with E-state index in [0.29, 0.717) is 0 Å². The number of hydrogen-bond acceptors (Lipinski definition) is 2. The van der Waals surface area contributed by atoms with Crippen molar-refractivity contribution in [1.29, 1.82) is 0 Å². The molecule has 0 amide bonds. The van der Waals surface area contributed by atoms with Crippen LogP contribution in [0.1, 0.15) is 32.3 Å². The Morgan fingerprint density at radius 2 is 1.88 bits per heavy atom. The molecule has 1 aliphatic heterocycles. The van der Waals surface area contributed by atoms with Crippen molar-refractivity contribution in [2.45, 2.75) is 32.3 Å². The van der Waals surface area contributed by atoms with E-state index in [1.807, 2.05) is 12.1 Å². The van der Waals surface area contributed by atoms with Gasteiger partial charge in [-0.25, -0.2) is 0 Å². The van der Waals surface area contributed by atoms with Gasteiger partial charge in [0.1, 0.15) is 5.60 Å². The van der Waals surface area contributed by atoms with Crippen LogP contribution in [0.25, 0.3) is 6.08 Å². The van der Waals surface area contributed by atoms with Crippen molar-refractivity contribution in [2.75, 3.05) is 12.3 Å². The predicted molar refractivity (Wildman–Crippen MR) is 70.5 cm³/mol. The van der Waals surface area contributed by atoms with Crippen LogP contribution >= 0.6 is 0 Å². The number of rotatable bonds is 1. The lowest BCUT2D eigenvalue weighted by atomic mass is 9.80. The van der Waals surface area contributed by atoms with Gasteiger partial charge >= 0.3 is 0 Å². The minimum absolute atomic E-state index is 0.0361. The molecule has 2 N–H and O–H groups in total. The molecule has 1 heterocycles. The van der Waals surface area contributed by atoms with Crippen LogP contribution in [0.5, 0.6) is 0 Å². The van der Waals surface area contributed by atoms with E-state index in [1.54, 1.807) is 0 Å². The second-order valence-electron chi connectivity index (χ2n) is 5.84.